The van der Waals surface area contributed by atoms with E-state index < -0.39 is 0 Å². The lowest BCUT2D eigenvalue weighted by Gasteiger charge is -2.32. The monoisotopic (exact) mass is 444 g/mol. The highest BCUT2D eigenvalue weighted by atomic mass is 32.1. The van der Waals surface area contributed by atoms with E-state index in [1.165, 1.54) is 39.6 Å². The van der Waals surface area contributed by atoms with Crippen molar-refractivity contribution in [3.8, 4) is 0 Å². The van der Waals surface area contributed by atoms with E-state index >= 15 is 0 Å². The molecule has 0 spiro atoms. The van der Waals surface area contributed by atoms with Crippen LogP contribution < -0.4 is 5.56 Å². The third-order valence-corrected chi connectivity index (χ3v) is 8.34. The molecule has 0 unspecified atom stereocenters. The molecule has 5 nitrogen and oxygen atoms in total. The Hall–Kier alpha value is -2.54. The lowest BCUT2D eigenvalue weighted by molar-refractivity contribution is 0.205. The second-order valence-corrected chi connectivity index (χ2v) is 10.4. The molecule has 6 heteroatoms. The average molecular weight is 445 g/mol. The molecule has 1 fully saturated rings. The van der Waals surface area contributed by atoms with Crippen LogP contribution in [0.4, 0.5) is 0 Å². The van der Waals surface area contributed by atoms with Crippen molar-refractivity contribution in [3.63, 3.8) is 0 Å². The minimum Gasteiger partial charge on any atom is -0.302 e. The Balaban J connectivity index is 1.14. The molecule has 1 saturated heterocycles. The maximum Gasteiger partial charge on any atom is 0.262 e. The Kier molecular flexibility index (Phi) is 5.09. The second kappa shape index (κ2) is 8.10. The summed E-state index contributed by atoms with van der Waals surface area (Å²) < 4.78 is 1.82. The molecule has 2 aromatic carbocycles. The number of piperidine rings is 1. The first-order valence-corrected chi connectivity index (χ1v) is 12.4. The lowest BCUT2D eigenvalue weighted by atomic mass is 9.86. The van der Waals surface area contributed by atoms with Crippen LogP contribution in [0.15, 0.2) is 53.6 Å². The Morgan fingerprint density at radius 1 is 1.03 bits per heavy atom. The number of likely N-dealkylation sites (tertiary alicyclic amines) is 1. The molecule has 0 radical (unpaired) electrons. The highest BCUT2D eigenvalue weighted by molar-refractivity contribution is 7.18. The van der Waals surface area contributed by atoms with Crippen molar-refractivity contribution in [1.82, 2.24) is 19.4 Å². The molecule has 0 amide bonds. The molecule has 32 heavy (non-hydrogen) atoms. The van der Waals surface area contributed by atoms with Gasteiger partial charge in [-0.3, -0.25) is 14.3 Å². The van der Waals surface area contributed by atoms with Gasteiger partial charge in [0.25, 0.3) is 5.56 Å². The molecule has 0 saturated carbocycles. The van der Waals surface area contributed by atoms with Crippen LogP contribution in [0, 0.1) is 0 Å². The zero-order chi connectivity index (χ0) is 21.7. The third-order valence-electron chi connectivity index (χ3n) is 7.21. The van der Waals surface area contributed by atoms with Crippen molar-refractivity contribution in [3.05, 3.63) is 75.1 Å². The molecule has 0 atom stereocenters. The number of hydrogen-bond donors (Lipinski definition) is 0. The summed E-state index contributed by atoms with van der Waals surface area (Å²) in [4.78, 5) is 24.8. The first-order chi connectivity index (χ1) is 15.7. The molecule has 164 valence electrons. The average Bonchev–Trinajstić information content (AvgIpc) is 3.34. The number of benzene rings is 2. The molecule has 6 rings (SSSR count). The SMILES string of the molecule is CN1Cc2sc3ncn(CCN4CCC(c5cccc6ccccc56)CC4)c(=O)c3c2C1. The van der Waals surface area contributed by atoms with E-state index in [1.54, 1.807) is 17.7 Å². The zero-order valence-corrected chi connectivity index (χ0v) is 19.3. The fraction of sp³-hybridized carbons (Fsp3) is 0.385. The summed E-state index contributed by atoms with van der Waals surface area (Å²) >= 11 is 1.68. The Morgan fingerprint density at radius 2 is 1.84 bits per heavy atom. The number of fused-ring (bicyclic) bond motifs is 4. The number of rotatable bonds is 4. The zero-order valence-electron chi connectivity index (χ0n) is 18.5. The van der Waals surface area contributed by atoms with Gasteiger partial charge in [0, 0.05) is 31.1 Å². The second-order valence-electron chi connectivity index (χ2n) is 9.28. The van der Waals surface area contributed by atoms with Crippen LogP contribution in [0.5, 0.6) is 0 Å². The normalized spacial score (nSPS) is 18.0. The van der Waals surface area contributed by atoms with Crippen LogP contribution in [-0.2, 0) is 19.6 Å². The van der Waals surface area contributed by atoms with E-state index in [-0.39, 0.29) is 5.56 Å². The number of aromatic nitrogens is 2. The van der Waals surface area contributed by atoms with Gasteiger partial charge in [0.05, 0.1) is 11.7 Å². The van der Waals surface area contributed by atoms with E-state index in [9.17, 15) is 4.79 Å². The van der Waals surface area contributed by atoms with Crippen molar-refractivity contribution >= 4 is 32.3 Å². The number of hydrogen-bond acceptors (Lipinski definition) is 5. The molecule has 2 aromatic heterocycles. The fourth-order valence-electron chi connectivity index (χ4n) is 5.48. The maximum atomic E-state index is 13.2. The van der Waals surface area contributed by atoms with Crippen LogP contribution in [0.2, 0.25) is 0 Å². The van der Waals surface area contributed by atoms with Gasteiger partial charge in [-0.05, 0) is 60.8 Å². The molecule has 2 aliphatic heterocycles. The topological polar surface area (TPSA) is 41.4 Å². The van der Waals surface area contributed by atoms with Gasteiger partial charge in [-0.15, -0.1) is 11.3 Å². The van der Waals surface area contributed by atoms with Crippen LogP contribution in [0.1, 0.15) is 34.8 Å². The van der Waals surface area contributed by atoms with E-state index in [0.717, 1.165) is 42.9 Å². The van der Waals surface area contributed by atoms with Crippen LogP contribution >= 0.6 is 11.3 Å². The number of nitrogens with zero attached hydrogens (tertiary/aromatic N) is 4. The first-order valence-electron chi connectivity index (χ1n) is 11.6. The Morgan fingerprint density at radius 3 is 2.72 bits per heavy atom. The summed E-state index contributed by atoms with van der Waals surface area (Å²) in [5.41, 5.74) is 2.83. The van der Waals surface area contributed by atoms with Crippen LogP contribution in [-0.4, -0.2) is 46.0 Å². The van der Waals surface area contributed by atoms with Gasteiger partial charge in [0.2, 0.25) is 0 Å². The largest absolute Gasteiger partial charge is 0.302 e. The predicted octanol–water partition coefficient (Wildman–Crippen LogP) is 4.44. The highest BCUT2D eigenvalue weighted by Crippen LogP contribution is 2.34. The van der Waals surface area contributed by atoms with Crippen molar-refractivity contribution < 1.29 is 0 Å². The molecule has 4 aromatic rings. The van der Waals surface area contributed by atoms with Gasteiger partial charge >= 0.3 is 0 Å². The summed E-state index contributed by atoms with van der Waals surface area (Å²) in [5, 5.41) is 3.58. The molecule has 4 heterocycles. The minimum atomic E-state index is 0.133. The van der Waals surface area contributed by atoms with Crippen molar-refractivity contribution in [2.24, 2.45) is 0 Å². The summed E-state index contributed by atoms with van der Waals surface area (Å²) in [7, 11) is 2.11. The molecule has 0 N–H and O–H groups in total. The van der Waals surface area contributed by atoms with E-state index in [2.05, 4.69) is 64.3 Å². The summed E-state index contributed by atoms with van der Waals surface area (Å²) in [6.07, 6.45) is 4.10. The van der Waals surface area contributed by atoms with Crippen molar-refractivity contribution in [2.45, 2.75) is 38.4 Å². The van der Waals surface area contributed by atoms with E-state index in [1.807, 2.05) is 4.57 Å². The number of thiophene rings is 1. The molecule has 0 aliphatic carbocycles. The fourth-order valence-corrected chi connectivity index (χ4v) is 6.70. The Bertz CT molecular complexity index is 1340. The lowest BCUT2D eigenvalue weighted by Crippen LogP contribution is -2.36. The quantitative estimate of drug-likeness (QED) is 0.467. The van der Waals surface area contributed by atoms with Crippen molar-refractivity contribution in [1.29, 1.82) is 0 Å². The molecular weight excluding hydrogens is 416 g/mol. The van der Waals surface area contributed by atoms with Gasteiger partial charge < -0.3 is 4.90 Å². The molecule has 0 bridgehead atoms. The van der Waals surface area contributed by atoms with Gasteiger partial charge in [-0.2, -0.15) is 0 Å². The smallest absolute Gasteiger partial charge is 0.262 e. The first kappa shape index (κ1) is 20.1. The van der Waals surface area contributed by atoms with Crippen LogP contribution in [0.3, 0.4) is 0 Å². The summed E-state index contributed by atoms with van der Waals surface area (Å²) in [5.74, 6) is 0.614. The maximum absolute atomic E-state index is 13.2. The third kappa shape index (κ3) is 3.47. The van der Waals surface area contributed by atoms with Gasteiger partial charge in [-0.25, -0.2) is 4.98 Å². The standard InChI is InChI=1S/C26H28N4OS/c1-28-15-22-23(16-28)32-25-24(22)26(31)30(17-27-25)14-13-29-11-9-19(10-12-29)21-8-4-6-18-5-2-3-7-20(18)21/h2-8,17,19H,9-16H2,1H3. The summed E-state index contributed by atoms with van der Waals surface area (Å²) in [6, 6.07) is 15.4. The van der Waals surface area contributed by atoms with E-state index in [4.69, 9.17) is 0 Å². The molecule has 2 aliphatic rings. The Labute approximate surface area is 191 Å². The highest BCUT2D eigenvalue weighted by Gasteiger charge is 2.25. The van der Waals surface area contributed by atoms with E-state index in [0.29, 0.717) is 12.5 Å². The van der Waals surface area contributed by atoms with Crippen molar-refractivity contribution in [2.75, 3.05) is 26.7 Å². The minimum absolute atomic E-state index is 0.133. The van der Waals surface area contributed by atoms with Crippen LogP contribution in [0.25, 0.3) is 21.0 Å². The van der Waals surface area contributed by atoms with Gasteiger partial charge in [0.1, 0.15) is 4.83 Å². The molecular formula is C26H28N4OS. The summed E-state index contributed by atoms with van der Waals surface area (Å²) in [6.45, 7) is 5.57. The van der Waals surface area contributed by atoms with Gasteiger partial charge in [0.15, 0.2) is 0 Å². The van der Waals surface area contributed by atoms with Gasteiger partial charge in [-0.1, -0.05) is 42.5 Å². The predicted molar refractivity (Wildman–Crippen MR) is 131 cm³/mol.